The van der Waals surface area contributed by atoms with Crippen LogP contribution in [0.5, 0.6) is 11.5 Å². The van der Waals surface area contributed by atoms with Crippen LogP contribution in [0.15, 0.2) is 24.3 Å². The van der Waals surface area contributed by atoms with Crippen LogP contribution in [0, 0.1) is 5.92 Å². The van der Waals surface area contributed by atoms with Crippen molar-refractivity contribution in [3.8, 4) is 11.5 Å². The van der Waals surface area contributed by atoms with Gasteiger partial charge in [0.1, 0.15) is 17.1 Å². The molecule has 0 radical (unpaired) electrons. The monoisotopic (exact) mass is 252 g/mol. The summed E-state index contributed by atoms with van der Waals surface area (Å²) in [6.07, 6.45) is 0.792. The maximum Gasteiger partial charge on any atom is 0.303 e. The number of hydrogen-bond donors (Lipinski definition) is 2. The first-order valence-electron chi connectivity index (χ1n) is 6.05. The third-order valence-electron chi connectivity index (χ3n) is 3.10. The van der Waals surface area contributed by atoms with Crippen molar-refractivity contribution in [2.75, 3.05) is 0 Å². The zero-order valence-electron chi connectivity index (χ0n) is 11.0. The zero-order valence-corrected chi connectivity index (χ0v) is 11.0. The highest BCUT2D eigenvalue weighted by Crippen LogP contribution is 2.30. The predicted molar refractivity (Wildman–Crippen MR) is 68.8 cm³/mol. The van der Waals surface area contributed by atoms with Gasteiger partial charge < -0.3 is 14.9 Å². The van der Waals surface area contributed by atoms with E-state index >= 15 is 0 Å². The summed E-state index contributed by atoms with van der Waals surface area (Å²) in [6, 6.07) is 6.53. The summed E-state index contributed by atoms with van der Waals surface area (Å²) in [7, 11) is 0. The molecule has 0 spiro atoms. The molecule has 0 saturated heterocycles. The molecule has 0 fully saturated rings. The van der Waals surface area contributed by atoms with Crippen LogP contribution in [0.2, 0.25) is 0 Å². The van der Waals surface area contributed by atoms with Crippen LogP contribution in [0.4, 0.5) is 0 Å². The molecule has 0 aliphatic heterocycles. The lowest BCUT2D eigenvalue weighted by atomic mass is 9.85. The van der Waals surface area contributed by atoms with Crippen molar-refractivity contribution in [3.63, 3.8) is 0 Å². The van der Waals surface area contributed by atoms with Crippen molar-refractivity contribution in [1.82, 2.24) is 0 Å². The van der Waals surface area contributed by atoms with Crippen molar-refractivity contribution >= 4 is 5.97 Å². The van der Waals surface area contributed by atoms with E-state index in [2.05, 4.69) is 0 Å². The summed E-state index contributed by atoms with van der Waals surface area (Å²) in [4.78, 5) is 10.8. The molecule has 100 valence electrons. The first-order valence-corrected chi connectivity index (χ1v) is 6.05. The van der Waals surface area contributed by atoms with E-state index in [1.54, 1.807) is 18.2 Å². The molecule has 0 aliphatic rings. The van der Waals surface area contributed by atoms with Gasteiger partial charge >= 0.3 is 5.97 Å². The quantitative estimate of drug-likeness (QED) is 0.816. The molecule has 18 heavy (non-hydrogen) atoms. The molecule has 0 bridgehead atoms. The fraction of sp³-hybridized carbons (Fsp3) is 0.500. The number of hydrogen-bond acceptors (Lipinski definition) is 3. The molecule has 4 nitrogen and oxygen atoms in total. The standard InChI is InChI=1S/C14H20O4/c1-4-10(8-13(16)17)14(2,3)18-12-7-5-6-11(15)9-12/h5-7,9-10,15H,4,8H2,1-3H3,(H,16,17). The number of carbonyl (C=O) groups is 1. The lowest BCUT2D eigenvalue weighted by molar-refractivity contribution is -0.140. The lowest BCUT2D eigenvalue weighted by Gasteiger charge is -2.33. The van der Waals surface area contributed by atoms with E-state index in [0.717, 1.165) is 6.42 Å². The number of carboxylic acids is 1. The minimum Gasteiger partial charge on any atom is -0.508 e. The maximum absolute atomic E-state index is 10.8. The van der Waals surface area contributed by atoms with Crippen LogP contribution in [0.3, 0.4) is 0 Å². The van der Waals surface area contributed by atoms with E-state index in [9.17, 15) is 9.90 Å². The van der Waals surface area contributed by atoms with E-state index in [0.29, 0.717) is 5.75 Å². The van der Waals surface area contributed by atoms with E-state index in [1.807, 2.05) is 20.8 Å². The zero-order chi connectivity index (χ0) is 13.8. The molecule has 1 atom stereocenters. The van der Waals surface area contributed by atoms with Crippen molar-refractivity contribution < 1.29 is 19.7 Å². The summed E-state index contributed by atoms with van der Waals surface area (Å²) in [5.74, 6) is -0.231. The van der Waals surface area contributed by atoms with Crippen LogP contribution >= 0.6 is 0 Å². The van der Waals surface area contributed by atoms with E-state index in [-0.39, 0.29) is 18.1 Å². The molecule has 0 aliphatic carbocycles. The number of phenols is 1. The molecule has 0 aromatic heterocycles. The highest BCUT2D eigenvalue weighted by atomic mass is 16.5. The maximum atomic E-state index is 10.8. The average molecular weight is 252 g/mol. The molecule has 1 unspecified atom stereocenters. The molecule has 0 amide bonds. The third-order valence-corrected chi connectivity index (χ3v) is 3.10. The Bertz CT molecular complexity index is 412. The number of aromatic hydroxyl groups is 1. The Hall–Kier alpha value is -1.71. The average Bonchev–Trinajstić information content (AvgIpc) is 2.24. The number of ether oxygens (including phenoxy) is 1. The minimum absolute atomic E-state index is 0.0717. The smallest absolute Gasteiger partial charge is 0.303 e. The number of aliphatic carboxylic acids is 1. The van der Waals surface area contributed by atoms with Gasteiger partial charge in [-0.05, 0) is 32.4 Å². The van der Waals surface area contributed by atoms with Crippen LogP contribution < -0.4 is 4.74 Å². The van der Waals surface area contributed by atoms with Crippen molar-refractivity contribution in [2.45, 2.75) is 39.2 Å². The number of phenolic OH excluding ortho intramolecular Hbond substituents is 1. The van der Waals surface area contributed by atoms with Crippen molar-refractivity contribution in [3.05, 3.63) is 24.3 Å². The van der Waals surface area contributed by atoms with Gasteiger partial charge in [-0.1, -0.05) is 13.0 Å². The Morgan fingerprint density at radius 2 is 2.11 bits per heavy atom. The SMILES string of the molecule is CCC(CC(=O)O)C(C)(C)Oc1cccc(O)c1. The van der Waals surface area contributed by atoms with Crippen molar-refractivity contribution in [1.29, 1.82) is 0 Å². The topological polar surface area (TPSA) is 66.8 Å². The second kappa shape index (κ2) is 5.76. The minimum atomic E-state index is -0.825. The third kappa shape index (κ3) is 3.95. The highest BCUT2D eigenvalue weighted by Gasteiger charge is 2.32. The summed E-state index contributed by atoms with van der Waals surface area (Å²) in [5, 5.41) is 18.3. The Kier molecular flexibility index (Phi) is 4.59. The molecular weight excluding hydrogens is 232 g/mol. The highest BCUT2D eigenvalue weighted by molar-refractivity contribution is 5.67. The summed E-state index contributed by atoms with van der Waals surface area (Å²) in [6.45, 7) is 5.68. The largest absolute Gasteiger partial charge is 0.508 e. The van der Waals surface area contributed by atoms with Gasteiger partial charge in [-0.15, -0.1) is 0 Å². The van der Waals surface area contributed by atoms with Gasteiger partial charge in [0.05, 0.1) is 6.42 Å². The Morgan fingerprint density at radius 1 is 1.44 bits per heavy atom. The van der Waals surface area contributed by atoms with Crippen LogP contribution in [-0.4, -0.2) is 21.8 Å². The Balaban J connectivity index is 2.81. The fourth-order valence-corrected chi connectivity index (χ4v) is 2.03. The molecule has 1 rings (SSSR count). The van der Waals surface area contributed by atoms with Crippen LogP contribution in [-0.2, 0) is 4.79 Å². The van der Waals surface area contributed by atoms with E-state index in [1.165, 1.54) is 6.07 Å². The van der Waals surface area contributed by atoms with E-state index < -0.39 is 11.6 Å². The Labute approximate surface area is 107 Å². The molecule has 4 heteroatoms. The normalized spacial score (nSPS) is 13.1. The second-order valence-corrected chi connectivity index (χ2v) is 4.91. The number of carboxylic acid groups (broad SMARTS) is 1. The van der Waals surface area contributed by atoms with Crippen molar-refractivity contribution in [2.24, 2.45) is 5.92 Å². The Morgan fingerprint density at radius 3 is 2.61 bits per heavy atom. The van der Waals surface area contributed by atoms with Crippen LogP contribution in [0.25, 0.3) is 0 Å². The van der Waals surface area contributed by atoms with Crippen LogP contribution in [0.1, 0.15) is 33.6 Å². The van der Waals surface area contributed by atoms with Gasteiger partial charge in [0, 0.05) is 12.0 Å². The molecule has 1 aromatic rings. The molecule has 0 heterocycles. The van der Waals surface area contributed by atoms with Gasteiger partial charge in [0.25, 0.3) is 0 Å². The molecule has 0 saturated carbocycles. The molecule has 1 aromatic carbocycles. The number of rotatable bonds is 6. The first kappa shape index (κ1) is 14.4. The predicted octanol–water partition coefficient (Wildman–Crippen LogP) is 3.05. The van der Waals surface area contributed by atoms with Gasteiger partial charge in [-0.2, -0.15) is 0 Å². The van der Waals surface area contributed by atoms with Gasteiger partial charge in [-0.3, -0.25) is 4.79 Å². The van der Waals surface area contributed by atoms with Gasteiger partial charge in [0.15, 0.2) is 0 Å². The van der Waals surface area contributed by atoms with E-state index in [4.69, 9.17) is 9.84 Å². The molecular formula is C14H20O4. The van der Waals surface area contributed by atoms with Gasteiger partial charge in [-0.25, -0.2) is 0 Å². The molecule has 2 N–H and O–H groups in total. The second-order valence-electron chi connectivity index (χ2n) is 4.91. The number of benzene rings is 1. The first-order chi connectivity index (χ1) is 8.35. The van der Waals surface area contributed by atoms with Gasteiger partial charge in [0.2, 0.25) is 0 Å². The summed E-state index contributed by atoms with van der Waals surface area (Å²) in [5.41, 5.74) is -0.596. The fourth-order valence-electron chi connectivity index (χ4n) is 2.03. The lowest BCUT2D eigenvalue weighted by Crippen LogP contribution is -2.38. The summed E-state index contributed by atoms with van der Waals surface area (Å²) < 4.78 is 5.81. The summed E-state index contributed by atoms with van der Waals surface area (Å²) >= 11 is 0.